The Kier molecular flexibility index (Phi) is 6.57. The molecule has 1 aliphatic rings. The number of imide groups is 1. The lowest BCUT2D eigenvalue weighted by atomic mass is 9.92. The third-order valence-corrected chi connectivity index (χ3v) is 4.82. The molecule has 0 unspecified atom stereocenters. The van der Waals surface area contributed by atoms with Crippen molar-refractivity contribution in [2.24, 2.45) is 5.92 Å². The lowest BCUT2D eigenvalue weighted by Crippen LogP contribution is -2.45. The second-order valence-electron chi connectivity index (χ2n) is 7.75. The van der Waals surface area contributed by atoms with Crippen molar-refractivity contribution in [1.29, 1.82) is 0 Å². The fraction of sp³-hybridized carbons (Fsp3) is 0.550. The van der Waals surface area contributed by atoms with E-state index in [9.17, 15) is 18.8 Å². The molecule has 0 spiro atoms. The summed E-state index contributed by atoms with van der Waals surface area (Å²) in [7, 11) is 0. The van der Waals surface area contributed by atoms with E-state index in [0.29, 0.717) is 11.5 Å². The van der Waals surface area contributed by atoms with E-state index in [4.69, 9.17) is 0 Å². The van der Waals surface area contributed by atoms with Crippen molar-refractivity contribution in [3.8, 4) is 0 Å². The lowest BCUT2D eigenvalue weighted by molar-refractivity contribution is -0.135. The van der Waals surface area contributed by atoms with Gasteiger partial charge in [-0.2, -0.15) is 0 Å². The standard InChI is InChI=1S/C20H28FN3O3/c1-13(2)6-5-7-14(3)22-17(25)12-24-18(26)20(4,23-19(24)27)15-8-10-16(21)11-9-15/h8-11,13-14H,5-7,12H2,1-4H3,(H,22,25)(H,23,27)/t14-,20-/m0/s1. The predicted molar refractivity (Wildman–Crippen MR) is 100 cm³/mol. The van der Waals surface area contributed by atoms with Gasteiger partial charge in [-0.1, -0.05) is 38.8 Å². The largest absolute Gasteiger partial charge is 0.352 e. The SMILES string of the molecule is CC(C)CCC[C@H](C)NC(=O)CN1C(=O)N[C@@](C)(c2ccc(F)cc2)C1=O. The zero-order chi connectivity index (χ0) is 20.2. The average molecular weight is 377 g/mol. The summed E-state index contributed by atoms with van der Waals surface area (Å²) in [6, 6.07) is 4.71. The highest BCUT2D eigenvalue weighted by Gasteiger charge is 2.49. The van der Waals surface area contributed by atoms with Crippen molar-refractivity contribution >= 4 is 17.8 Å². The van der Waals surface area contributed by atoms with Gasteiger partial charge in [0.15, 0.2) is 0 Å². The van der Waals surface area contributed by atoms with Crippen molar-refractivity contribution in [2.75, 3.05) is 6.54 Å². The minimum absolute atomic E-state index is 0.0273. The van der Waals surface area contributed by atoms with E-state index in [0.717, 1.165) is 24.2 Å². The van der Waals surface area contributed by atoms with E-state index >= 15 is 0 Å². The number of hydrogen-bond acceptors (Lipinski definition) is 3. The molecule has 4 amide bonds. The Morgan fingerprint density at radius 2 is 1.81 bits per heavy atom. The molecule has 0 bridgehead atoms. The van der Waals surface area contributed by atoms with Gasteiger partial charge in [-0.05, 0) is 43.9 Å². The first-order chi connectivity index (χ1) is 12.6. The van der Waals surface area contributed by atoms with Crippen molar-refractivity contribution < 1.29 is 18.8 Å². The number of hydrogen-bond donors (Lipinski definition) is 2. The maximum Gasteiger partial charge on any atom is 0.325 e. The molecule has 0 saturated carbocycles. The highest BCUT2D eigenvalue weighted by Crippen LogP contribution is 2.28. The third-order valence-electron chi connectivity index (χ3n) is 4.82. The number of nitrogens with one attached hydrogen (secondary N) is 2. The van der Waals surface area contributed by atoms with Crippen molar-refractivity contribution in [3.05, 3.63) is 35.6 Å². The molecule has 0 aromatic heterocycles. The van der Waals surface area contributed by atoms with E-state index in [2.05, 4.69) is 24.5 Å². The van der Waals surface area contributed by atoms with Gasteiger partial charge in [0.25, 0.3) is 5.91 Å². The molecule has 1 fully saturated rings. The minimum Gasteiger partial charge on any atom is -0.352 e. The van der Waals surface area contributed by atoms with Crippen molar-refractivity contribution in [1.82, 2.24) is 15.5 Å². The van der Waals surface area contributed by atoms with Crippen LogP contribution in [0.1, 0.15) is 52.5 Å². The molecular weight excluding hydrogens is 349 g/mol. The van der Waals surface area contributed by atoms with E-state index < -0.39 is 23.3 Å². The topological polar surface area (TPSA) is 78.5 Å². The number of carbonyl (C=O) groups excluding carboxylic acids is 3. The molecule has 1 heterocycles. The molecule has 6 nitrogen and oxygen atoms in total. The summed E-state index contributed by atoms with van der Waals surface area (Å²) < 4.78 is 13.1. The number of amides is 4. The molecule has 2 rings (SSSR count). The first-order valence-electron chi connectivity index (χ1n) is 9.33. The summed E-state index contributed by atoms with van der Waals surface area (Å²) in [5.74, 6) is -0.717. The first kappa shape index (κ1) is 20.9. The van der Waals surface area contributed by atoms with Crippen LogP contribution in [0.2, 0.25) is 0 Å². The molecule has 0 aliphatic carbocycles. The molecule has 27 heavy (non-hydrogen) atoms. The van der Waals surface area contributed by atoms with Gasteiger partial charge in [0, 0.05) is 6.04 Å². The molecule has 2 N–H and O–H groups in total. The van der Waals surface area contributed by atoms with E-state index in [1.807, 2.05) is 6.92 Å². The Balaban J connectivity index is 1.96. The predicted octanol–water partition coefficient (Wildman–Crippen LogP) is 2.92. The molecular formula is C20H28FN3O3. The molecule has 1 aromatic rings. The maximum absolute atomic E-state index is 13.1. The van der Waals surface area contributed by atoms with Gasteiger partial charge in [0.05, 0.1) is 0 Å². The quantitative estimate of drug-likeness (QED) is 0.684. The number of halogens is 1. The van der Waals surface area contributed by atoms with Crippen LogP contribution in [0.25, 0.3) is 0 Å². The van der Waals surface area contributed by atoms with Crippen LogP contribution >= 0.6 is 0 Å². The average Bonchev–Trinajstić information content (AvgIpc) is 2.79. The van der Waals surface area contributed by atoms with Crippen LogP contribution in [0.15, 0.2) is 24.3 Å². The molecule has 7 heteroatoms. The van der Waals surface area contributed by atoms with Gasteiger partial charge in [-0.3, -0.25) is 14.5 Å². The second kappa shape index (κ2) is 8.50. The molecule has 1 aromatic carbocycles. The van der Waals surface area contributed by atoms with Crippen LogP contribution in [0.3, 0.4) is 0 Å². The van der Waals surface area contributed by atoms with Crippen molar-refractivity contribution in [2.45, 2.75) is 58.5 Å². The minimum atomic E-state index is -1.31. The van der Waals surface area contributed by atoms with Crippen LogP contribution in [0, 0.1) is 11.7 Å². The zero-order valence-electron chi connectivity index (χ0n) is 16.3. The molecule has 0 radical (unpaired) electrons. The third kappa shape index (κ3) is 5.05. The molecule has 2 atom stereocenters. The molecule has 1 saturated heterocycles. The molecule has 148 valence electrons. The lowest BCUT2D eigenvalue weighted by Gasteiger charge is -2.22. The number of urea groups is 1. The second-order valence-corrected chi connectivity index (χ2v) is 7.75. The number of carbonyl (C=O) groups is 3. The first-order valence-corrected chi connectivity index (χ1v) is 9.33. The monoisotopic (exact) mass is 377 g/mol. The summed E-state index contributed by atoms with van der Waals surface area (Å²) in [6.07, 6.45) is 2.94. The van der Waals surface area contributed by atoms with Crippen LogP contribution in [-0.4, -0.2) is 35.3 Å². The van der Waals surface area contributed by atoms with Crippen LogP contribution < -0.4 is 10.6 Å². The van der Waals surface area contributed by atoms with Gasteiger partial charge in [-0.15, -0.1) is 0 Å². The number of nitrogens with zero attached hydrogens (tertiary/aromatic N) is 1. The Bertz CT molecular complexity index is 705. The summed E-state index contributed by atoms with van der Waals surface area (Å²) >= 11 is 0. The van der Waals surface area contributed by atoms with Gasteiger partial charge in [-0.25, -0.2) is 9.18 Å². The highest BCUT2D eigenvalue weighted by molar-refractivity contribution is 6.09. The van der Waals surface area contributed by atoms with Crippen LogP contribution in [-0.2, 0) is 15.1 Å². The number of benzene rings is 1. The fourth-order valence-corrected chi connectivity index (χ4v) is 3.19. The summed E-state index contributed by atoms with van der Waals surface area (Å²) in [6.45, 7) is 7.42. The Morgan fingerprint density at radius 3 is 2.41 bits per heavy atom. The maximum atomic E-state index is 13.1. The van der Waals surface area contributed by atoms with Gasteiger partial charge in [0.2, 0.25) is 5.91 Å². The fourth-order valence-electron chi connectivity index (χ4n) is 3.19. The zero-order valence-corrected chi connectivity index (χ0v) is 16.3. The van der Waals surface area contributed by atoms with Gasteiger partial charge >= 0.3 is 6.03 Å². The normalized spacial score (nSPS) is 20.7. The highest BCUT2D eigenvalue weighted by atomic mass is 19.1. The summed E-state index contributed by atoms with van der Waals surface area (Å²) in [5, 5.41) is 5.44. The van der Waals surface area contributed by atoms with E-state index in [1.54, 1.807) is 6.92 Å². The Hall–Kier alpha value is -2.44. The Morgan fingerprint density at radius 1 is 1.19 bits per heavy atom. The Labute approximate surface area is 159 Å². The van der Waals surface area contributed by atoms with E-state index in [-0.39, 0.29) is 18.5 Å². The van der Waals surface area contributed by atoms with Gasteiger partial charge in [0.1, 0.15) is 17.9 Å². The number of rotatable bonds is 8. The summed E-state index contributed by atoms with van der Waals surface area (Å²) in [4.78, 5) is 38.2. The summed E-state index contributed by atoms with van der Waals surface area (Å²) in [5.41, 5.74) is -0.847. The van der Waals surface area contributed by atoms with Crippen LogP contribution in [0.4, 0.5) is 9.18 Å². The van der Waals surface area contributed by atoms with Crippen molar-refractivity contribution in [3.63, 3.8) is 0 Å². The van der Waals surface area contributed by atoms with E-state index in [1.165, 1.54) is 24.3 Å². The molecule has 1 aliphatic heterocycles. The van der Waals surface area contributed by atoms with Crippen LogP contribution in [0.5, 0.6) is 0 Å². The van der Waals surface area contributed by atoms with Gasteiger partial charge < -0.3 is 10.6 Å². The smallest absolute Gasteiger partial charge is 0.325 e.